The van der Waals surface area contributed by atoms with E-state index in [1.165, 1.54) is 6.07 Å². The van der Waals surface area contributed by atoms with Gasteiger partial charge in [0.05, 0.1) is 12.2 Å². The van der Waals surface area contributed by atoms with Gasteiger partial charge in [-0.25, -0.2) is 8.78 Å². The lowest BCUT2D eigenvalue weighted by atomic mass is 10.3. The van der Waals surface area contributed by atoms with Gasteiger partial charge in [0.15, 0.2) is 11.6 Å². The molecule has 1 atom stereocenters. The number of hydrogen-bond donors (Lipinski definition) is 1. The predicted octanol–water partition coefficient (Wildman–Crippen LogP) is 3.48. The van der Waals surface area contributed by atoms with Crippen LogP contribution < -0.4 is 15.2 Å². The summed E-state index contributed by atoms with van der Waals surface area (Å²) >= 11 is 0. The highest BCUT2D eigenvalue weighted by atomic mass is 19.2. The maximum absolute atomic E-state index is 13.0. The third-order valence-electron chi connectivity index (χ3n) is 2.67. The van der Waals surface area contributed by atoms with Crippen LogP contribution in [0.15, 0.2) is 36.7 Å². The fourth-order valence-corrected chi connectivity index (χ4v) is 1.63. The summed E-state index contributed by atoms with van der Waals surface area (Å²) in [4.78, 5) is 4.00. The Labute approximate surface area is 135 Å². The van der Waals surface area contributed by atoms with Crippen LogP contribution in [0.1, 0.15) is 19.4 Å². The Morgan fingerprint density at radius 2 is 1.65 bits per heavy atom. The van der Waals surface area contributed by atoms with Crippen molar-refractivity contribution in [2.45, 2.75) is 26.8 Å². The molecule has 1 heterocycles. The Hall–Kier alpha value is -2.21. The van der Waals surface area contributed by atoms with Crippen molar-refractivity contribution in [3.8, 4) is 11.5 Å². The van der Waals surface area contributed by atoms with Crippen LogP contribution in [0.5, 0.6) is 11.5 Å². The van der Waals surface area contributed by atoms with Crippen LogP contribution in [-0.2, 0) is 0 Å². The normalized spacial score (nSPS) is 11.2. The molecule has 0 bridgehead atoms. The average molecular weight is 324 g/mol. The molecule has 23 heavy (non-hydrogen) atoms. The highest BCUT2D eigenvalue weighted by Crippen LogP contribution is 2.15. The third-order valence-corrected chi connectivity index (χ3v) is 2.67. The van der Waals surface area contributed by atoms with Crippen molar-refractivity contribution in [2.75, 3.05) is 13.2 Å². The molecular formula is C17H22F2N2O2. The molecule has 0 aliphatic heterocycles. The van der Waals surface area contributed by atoms with Crippen LogP contribution in [0, 0.1) is 18.6 Å². The molecule has 1 aromatic heterocycles. The van der Waals surface area contributed by atoms with Crippen LogP contribution in [0.25, 0.3) is 0 Å². The summed E-state index contributed by atoms with van der Waals surface area (Å²) in [5.41, 5.74) is 6.82. The summed E-state index contributed by atoms with van der Waals surface area (Å²) in [6, 6.07) is 4.77. The zero-order chi connectivity index (χ0) is 17.2. The predicted molar refractivity (Wildman–Crippen MR) is 85.6 cm³/mol. The Bertz CT molecular complexity index is 609. The molecule has 126 valence electrons. The number of benzene rings is 1. The summed E-state index contributed by atoms with van der Waals surface area (Å²) in [6.07, 6.45) is 3.31. The minimum atomic E-state index is -0.955. The van der Waals surface area contributed by atoms with Gasteiger partial charge < -0.3 is 15.2 Å². The molecule has 6 heteroatoms. The molecule has 0 saturated carbocycles. The van der Waals surface area contributed by atoms with E-state index in [9.17, 15) is 8.78 Å². The van der Waals surface area contributed by atoms with Crippen molar-refractivity contribution < 1.29 is 18.3 Å². The van der Waals surface area contributed by atoms with Gasteiger partial charge in [-0.1, -0.05) is 13.8 Å². The van der Waals surface area contributed by atoms with Gasteiger partial charge in [0, 0.05) is 12.3 Å². The number of nitrogens with zero attached hydrogens (tertiary/aromatic N) is 1. The van der Waals surface area contributed by atoms with E-state index < -0.39 is 17.7 Å². The molecular weight excluding hydrogens is 302 g/mol. The second-order valence-electron chi connectivity index (χ2n) is 4.66. The number of aryl methyl sites for hydroxylation is 1. The fourth-order valence-electron chi connectivity index (χ4n) is 1.63. The van der Waals surface area contributed by atoms with E-state index in [4.69, 9.17) is 15.2 Å². The molecule has 0 amide bonds. The Morgan fingerprint density at radius 1 is 1.00 bits per heavy atom. The van der Waals surface area contributed by atoms with Crippen molar-refractivity contribution in [1.82, 2.24) is 4.98 Å². The molecule has 0 fully saturated rings. The average Bonchev–Trinajstić information content (AvgIpc) is 2.56. The number of ether oxygens (including phenoxy) is 2. The minimum Gasteiger partial charge on any atom is -0.492 e. The Balaban J connectivity index is 0.00000127. The molecule has 0 aliphatic carbocycles. The molecule has 0 radical (unpaired) electrons. The summed E-state index contributed by atoms with van der Waals surface area (Å²) in [6.45, 7) is 6.27. The lowest BCUT2D eigenvalue weighted by Crippen LogP contribution is -2.34. The smallest absolute Gasteiger partial charge is 0.162 e. The molecule has 1 aromatic carbocycles. The van der Waals surface area contributed by atoms with Crippen LogP contribution in [0.3, 0.4) is 0 Å². The Morgan fingerprint density at radius 3 is 2.26 bits per heavy atom. The van der Waals surface area contributed by atoms with Gasteiger partial charge in [-0.2, -0.15) is 0 Å². The van der Waals surface area contributed by atoms with E-state index in [-0.39, 0.29) is 19.0 Å². The fraction of sp³-hybridized carbons (Fsp3) is 0.353. The molecule has 0 saturated heterocycles. The number of pyridine rings is 1. The summed E-state index contributed by atoms with van der Waals surface area (Å²) in [5, 5.41) is 0. The van der Waals surface area contributed by atoms with Crippen molar-refractivity contribution >= 4 is 0 Å². The zero-order valence-electron chi connectivity index (χ0n) is 13.6. The van der Waals surface area contributed by atoms with Gasteiger partial charge in [-0.3, -0.25) is 4.98 Å². The number of aromatic nitrogens is 1. The first-order valence-electron chi connectivity index (χ1n) is 7.42. The molecule has 0 aliphatic rings. The van der Waals surface area contributed by atoms with Crippen molar-refractivity contribution in [3.63, 3.8) is 0 Å². The number of rotatable bonds is 6. The van der Waals surface area contributed by atoms with Gasteiger partial charge >= 0.3 is 0 Å². The maximum Gasteiger partial charge on any atom is 0.162 e. The van der Waals surface area contributed by atoms with Gasteiger partial charge in [-0.15, -0.1) is 0 Å². The van der Waals surface area contributed by atoms with E-state index in [0.717, 1.165) is 17.7 Å². The molecule has 4 nitrogen and oxygen atoms in total. The molecule has 1 unspecified atom stereocenters. The van der Waals surface area contributed by atoms with Gasteiger partial charge in [-0.05, 0) is 30.7 Å². The van der Waals surface area contributed by atoms with Crippen LogP contribution in [0.4, 0.5) is 8.78 Å². The summed E-state index contributed by atoms with van der Waals surface area (Å²) < 4.78 is 36.5. The first-order valence-corrected chi connectivity index (χ1v) is 7.42. The lowest BCUT2D eigenvalue weighted by Gasteiger charge is -2.14. The topological polar surface area (TPSA) is 57.4 Å². The standard InChI is InChI=1S/C15H16F2N2O2.C2H6/c1-10-4-13(7-19-6-10)21-9-11(18)8-20-12-2-3-14(16)15(17)5-12;1-2/h2-7,11H,8-9,18H2,1H3;1-2H3. The van der Waals surface area contributed by atoms with E-state index in [1.54, 1.807) is 12.4 Å². The van der Waals surface area contributed by atoms with E-state index in [0.29, 0.717) is 5.75 Å². The quantitative estimate of drug-likeness (QED) is 0.884. The van der Waals surface area contributed by atoms with E-state index in [1.807, 2.05) is 26.8 Å². The molecule has 2 aromatic rings. The second kappa shape index (κ2) is 9.74. The third kappa shape index (κ3) is 6.61. The maximum atomic E-state index is 13.0. The SMILES string of the molecule is CC.Cc1cncc(OCC(N)COc2ccc(F)c(F)c2)c1. The van der Waals surface area contributed by atoms with Gasteiger partial charge in [0.2, 0.25) is 0 Å². The molecule has 0 spiro atoms. The summed E-state index contributed by atoms with van der Waals surface area (Å²) in [7, 11) is 0. The van der Waals surface area contributed by atoms with Crippen LogP contribution in [0.2, 0.25) is 0 Å². The van der Waals surface area contributed by atoms with Crippen LogP contribution in [-0.4, -0.2) is 24.2 Å². The number of halogens is 2. The molecule has 2 N–H and O–H groups in total. The monoisotopic (exact) mass is 324 g/mol. The van der Waals surface area contributed by atoms with Crippen molar-refractivity contribution in [1.29, 1.82) is 0 Å². The van der Waals surface area contributed by atoms with Crippen LogP contribution >= 0.6 is 0 Å². The minimum absolute atomic E-state index is 0.129. The lowest BCUT2D eigenvalue weighted by molar-refractivity contribution is 0.219. The zero-order valence-corrected chi connectivity index (χ0v) is 13.6. The molecule has 2 rings (SSSR count). The highest BCUT2D eigenvalue weighted by Gasteiger charge is 2.08. The second-order valence-corrected chi connectivity index (χ2v) is 4.66. The van der Waals surface area contributed by atoms with E-state index in [2.05, 4.69) is 4.98 Å². The number of hydrogen-bond acceptors (Lipinski definition) is 4. The van der Waals surface area contributed by atoms with Crippen molar-refractivity contribution in [3.05, 3.63) is 53.9 Å². The van der Waals surface area contributed by atoms with Gasteiger partial charge in [0.1, 0.15) is 24.7 Å². The number of nitrogens with two attached hydrogens (primary N) is 1. The summed E-state index contributed by atoms with van der Waals surface area (Å²) in [5.74, 6) is -1.02. The largest absolute Gasteiger partial charge is 0.492 e. The highest BCUT2D eigenvalue weighted by molar-refractivity contribution is 5.24. The van der Waals surface area contributed by atoms with Crippen molar-refractivity contribution in [2.24, 2.45) is 5.73 Å². The first kappa shape index (κ1) is 18.8. The Kier molecular flexibility index (Phi) is 7.97. The van der Waals surface area contributed by atoms with E-state index >= 15 is 0 Å². The van der Waals surface area contributed by atoms with Gasteiger partial charge in [0.25, 0.3) is 0 Å². The first-order chi connectivity index (χ1) is 11.0.